The highest BCUT2D eigenvalue weighted by Crippen LogP contribution is 2.40. The first kappa shape index (κ1) is 37.0. The molecule has 4 heterocycles. The molecule has 0 N–H and O–H groups in total. The number of benzene rings is 11. The molecular formula is C62H38N6. The van der Waals surface area contributed by atoms with Crippen LogP contribution in [0.1, 0.15) is 0 Å². The highest BCUT2D eigenvalue weighted by atomic mass is 15.2. The molecule has 0 aliphatic heterocycles. The molecule has 11 aromatic carbocycles. The summed E-state index contributed by atoms with van der Waals surface area (Å²) in [6, 6.07) is 83.3. The van der Waals surface area contributed by atoms with Gasteiger partial charge in [0.1, 0.15) is 0 Å². The van der Waals surface area contributed by atoms with Crippen molar-refractivity contribution in [1.82, 2.24) is 27.9 Å². The minimum Gasteiger partial charge on any atom is -0.278 e. The normalized spacial score (nSPS) is 12.1. The van der Waals surface area contributed by atoms with Gasteiger partial charge in [0, 0.05) is 11.4 Å². The Morgan fingerprint density at radius 1 is 0.235 bits per heavy atom. The van der Waals surface area contributed by atoms with Crippen molar-refractivity contribution in [1.29, 1.82) is 0 Å². The molecule has 316 valence electrons. The SMILES string of the molecule is c1ccc(-c2ccc(-c3cccc(-n4c5ccc(-c6ccc7c(c6)n6c8ccccc8nc6n7-c6ccc7c8ccccc8c8ccccc8c7c6)cc5n5c6ccccc6nc45)c3)cc2)cc1. The van der Waals surface area contributed by atoms with Crippen molar-refractivity contribution in [3.05, 3.63) is 231 Å². The van der Waals surface area contributed by atoms with Crippen LogP contribution in [0, 0.1) is 0 Å². The third-order valence-corrected chi connectivity index (χ3v) is 14.1. The van der Waals surface area contributed by atoms with E-state index in [4.69, 9.17) is 9.97 Å². The molecule has 0 saturated carbocycles. The molecule has 68 heavy (non-hydrogen) atoms. The molecule has 0 amide bonds. The van der Waals surface area contributed by atoms with Crippen LogP contribution in [0.25, 0.3) is 133 Å². The smallest absolute Gasteiger partial charge is 0.220 e. The fourth-order valence-electron chi connectivity index (χ4n) is 11.0. The van der Waals surface area contributed by atoms with Crippen molar-refractivity contribution in [2.45, 2.75) is 0 Å². The van der Waals surface area contributed by atoms with Crippen molar-refractivity contribution in [2.24, 2.45) is 0 Å². The lowest BCUT2D eigenvalue weighted by molar-refractivity contribution is 1.11. The van der Waals surface area contributed by atoms with Crippen LogP contribution >= 0.6 is 0 Å². The van der Waals surface area contributed by atoms with Crippen LogP contribution in [-0.2, 0) is 0 Å². The molecule has 6 nitrogen and oxygen atoms in total. The fourth-order valence-corrected chi connectivity index (χ4v) is 11.0. The maximum absolute atomic E-state index is 5.31. The quantitative estimate of drug-likeness (QED) is 0.162. The van der Waals surface area contributed by atoms with Gasteiger partial charge >= 0.3 is 0 Å². The van der Waals surface area contributed by atoms with Gasteiger partial charge in [-0.05, 0) is 138 Å². The topological polar surface area (TPSA) is 44.5 Å². The number of hydrogen-bond donors (Lipinski definition) is 0. The molecule has 0 atom stereocenters. The summed E-state index contributed by atoms with van der Waals surface area (Å²) in [7, 11) is 0. The van der Waals surface area contributed by atoms with E-state index in [0.29, 0.717) is 0 Å². The van der Waals surface area contributed by atoms with Gasteiger partial charge < -0.3 is 0 Å². The van der Waals surface area contributed by atoms with E-state index in [1.165, 1.54) is 49.0 Å². The van der Waals surface area contributed by atoms with Crippen molar-refractivity contribution in [3.63, 3.8) is 0 Å². The summed E-state index contributed by atoms with van der Waals surface area (Å²) in [6.45, 7) is 0. The van der Waals surface area contributed by atoms with Crippen LogP contribution in [0.3, 0.4) is 0 Å². The van der Waals surface area contributed by atoms with E-state index in [9.17, 15) is 0 Å². The molecule has 0 fully saturated rings. The average Bonchev–Trinajstić information content (AvgIpc) is 4.15. The standard InChI is InChI=1S/C62H38N6/c1-2-13-39(14-3-1)40-25-27-41(28-26-40)42-15-12-16-45(35-42)65-57-33-29-43(36-59(57)67-55-23-10-8-21-53(55)63-61(65)67)44-30-34-58-60(37-44)68-56-24-11-9-22-54(56)64-62(68)66(58)46-31-32-51-49-19-5-4-17-47(49)48-18-6-7-20-50(48)52(51)38-46/h1-38H. The molecule has 0 bridgehead atoms. The Morgan fingerprint density at radius 3 is 1.22 bits per heavy atom. The van der Waals surface area contributed by atoms with Gasteiger partial charge in [-0.3, -0.25) is 17.9 Å². The lowest BCUT2D eigenvalue weighted by Gasteiger charge is -2.13. The third kappa shape index (κ3) is 5.34. The molecule has 0 saturated heterocycles. The lowest BCUT2D eigenvalue weighted by Crippen LogP contribution is -1.96. The van der Waals surface area contributed by atoms with E-state index in [1.54, 1.807) is 0 Å². The number of aromatic nitrogens is 6. The first-order valence-electron chi connectivity index (χ1n) is 23.2. The summed E-state index contributed by atoms with van der Waals surface area (Å²) >= 11 is 0. The van der Waals surface area contributed by atoms with Crippen molar-refractivity contribution < 1.29 is 0 Å². The molecule has 0 spiro atoms. The van der Waals surface area contributed by atoms with Gasteiger partial charge in [-0.25, -0.2) is 9.97 Å². The Balaban J connectivity index is 0.905. The van der Waals surface area contributed by atoms with Gasteiger partial charge in [-0.15, -0.1) is 0 Å². The Kier molecular flexibility index (Phi) is 7.69. The van der Waals surface area contributed by atoms with E-state index in [2.05, 4.69) is 248 Å². The van der Waals surface area contributed by atoms with E-state index in [-0.39, 0.29) is 0 Å². The van der Waals surface area contributed by atoms with Crippen LogP contribution in [-0.4, -0.2) is 27.9 Å². The molecule has 15 rings (SSSR count). The molecule has 4 aromatic heterocycles. The summed E-state index contributed by atoms with van der Waals surface area (Å²) in [5, 5.41) is 7.52. The number of imidazole rings is 4. The summed E-state index contributed by atoms with van der Waals surface area (Å²) in [4.78, 5) is 10.6. The monoisotopic (exact) mass is 866 g/mol. The van der Waals surface area contributed by atoms with Gasteiger partial charge in [0.25, 0.3) is 0 Å². The van der Waals surface area contributed by atoms with Crippen LogP contribution in [0.5, 0.6) is 0 Å². The van der Waals surface area contributed by atoms with Gasteiger partial charge in [0.2, 0.25) is 11.6 Å². The van der Waals surface area contributed by atoms with Crippen molar-refractivity contribution in [3.8, 4) is 44.8 Å². The first-order valence-corrected chi connectivity index (χ1v) is 23.2. The number of fused-ring (bicyclic) bond motifs is 16. The van der Waals surface area contributed by atoms with Crippen molar-refractivity contribution >= 4 is 88.0 Å². The van der Waals surface area contributed by atoms with E-state index in [0.717, 1.165) is 83.8 Å². The highest BCUT2D eigenvalue weighted by molar-refractivity contribution is 6.25. The summed E-state index contributed by atoms with van der Waals surface area (Å²) in [5.41, 5.74) is 17.6. The second kappa shape index (κ2) is 14.1. The van der Waals surface area contributed by atoms with Crippen LogP contribution in [0.15, 0.2) is 231 Å². The third-order valence-electron chi connectivity index (χ3n) is 14.1. The van der Waals surface area contributed by atoms with Crippen LogP contribution in [0.4, 0.5) is 0 Å². The molecular weight excluding hydrogens is 829 g/mol. The van der Waals surface area contributed by atoms with Gasteiger partial charge in [0.15, 0.2) is 0 Å². The molecule has 0 aliphatic rings. The number of para-hydroxylation sites is 4. The Labute approximate surface area is 389 Å². The summed E-state index contributed by atoms with van der Waals surface area (Å²) in [6.07, 6.45) is 0. The highest BCUT2D eigenvalue weighted by Gasteiger charge is 2.22. The maximum atomic E-state index is 5.31. The predicted octanol–water partition coefficient (Wildman–Crippen LogP) is 15.6. The number of rotatable bonds is 5. The largest absolute Gasteiger partial charge is 0.278 e. The van der Waals surface area contributed by atoms with Crippen LogP contribution in [0.2, 0.25) is 0 Å². The maximum Gasteiger partial charge on any atom is 0.220 e. The predicted molar refractivity (Wildman–Crippen MR) is 281 cm³/mol. The second-order valence-electron chi connectivity index (χ2n) is 17.9. The fraction of sp³-hybridized carbons (Fsp3) is 0. The Hall–Kier alpha value is -9.26. The molecule has 6 heteroatoms. The average molecular weight is 867 g/mol. The molecule has 0 unspecified atom stereocenters. The van der Waals surface area contributed by atoms with E-state index < -0.39 is 0 Å². The number of nitrogens with zero attached hydrogens (tertiary/aromatic N) is 6. The Bertz CT molecular complexity index is 4510. The van der Waals surface area contributed by atoms with E-state index >= 15 is 0 Å². The number of hydrogen-bond acceptors (Lipinski definition) is 2. The second-order valence-corrected chi connectivity index (χ2v) is 17.9. The zero-order valence-corrected chi connectivity index (χ0v) is 36.6. The van der Waals surface area contributed by atoms with Crippen molar-refractivity contribution in [2.75, 3.05) is 0 Å². The zero-order chi connectivity index (χ0) is 44.5. The molecule has 0 aliphatic carbocycles. The molecule has 15 aromatic rings. The molecule has 0 radical (unpaired) electrons. The minimum atomic E-state index is 0.880. The minimum absolute atomic E-state index is 0.880. The van der Waals surface area contributed by atoms with E-state index in [1.807, 2.05) is 0 Å². The van der Waals surface area contributed by atoms with Gasteiger partial charge in [-0.2, -0.15) is 0 Å². The summed E-state index contributed by atoms with van der Waals surface area (Å²) in [5.74, 6) is 1.77. The Morgan fingerprint density at radius 2 is 0.647 bits per heavy atom. The van der Waals surface area contributed by atoms with Gasteiger partial charge in [0.05, 0.1) is 44.1 Å². The van der Waals surface area contributed by atoms with Crippen LogP contribution < -0.4 is 0 Å². The summed E-state index contributed by atoms with van der Waals surface area (Å²) < 4.78 is 9.29. The first-order chi connectivity index (χ1) is 33.7. The van der Waals surface area contributed by atoms with Gasteiger partial charge in [-0.1, -0.05) is 158 Å². The zero-order valence-electron chi connectivity index (χ0n) is 36.6. The lowest BCUT2D eigenvalue weighted by atomic mass is 9.94.